The standard InChI is InChI=1S/C26H38O4/c1-24-8-5-14(27)11-19(24)15-12-16(15)22-18(24)6-9-25(2)23(22)17-13-20(17)26(25,28)10-7-21(29-3)30-4/h11,15-18,20-23,28H,5-10,12-13H2,1-4H3/t15-,16+,17?,18?,20+,22?,23?,24-,25+,26+/m1/s1. The number of aliphatic hydroxyl groups is 1. The Morgan fingerprint density at radius 2 is 1.90 bits per heavy atom. The van der Waals surface area contributed by atoms with Gasteiger partial charge in [-0.05, 0) is 96.9 Å². The minimum atomic E-state index is -0.577. The third-order valence-electron chi connectivity index (χ3n) is 11.2. The lowest BCUT2D eigenvalue weighted by molar-refractivity contribution is -0.169. The molecule has 166 valence electrons. The lowest BCUT2D eigenvalue weighted by atomic mass is 9.45. The van der Waals surface area contributed by atoms with Crippen molar-refractivity contribution in [1.82, 2.24) is 0 Å². The van der Waals surface area contributed by atoms with E-state index in [-0.39, 0.29) is 17.1 Å². The Labute approximate surface area is 180 Å². The Balaban J connectivity index is 1.33. The summed E-state index contributed by atoms with van der Waals surface area (Å²) in [6, 6.07) is 0. The number of hydrogen-bond acceptors (Lipinski definition) is 4. The molecule has 0 bridgehead atoms. The highest BCUT2D eigenvalue weighted by atomic mass is 16.7. The molecule has 0 aliphatic heterocycles. The van der Waals surface area contributed by atoms with E-state index in [1.807, 2.05) is 0 Å². The van der Waals surface area contributed by atoms with Crippen molar-refractivity contribution in [2.45, 2.75) is 77.1 Å². The number of ether oxygens (including phenoxy) is 2. The fraction of sp³-hybridized carbons (Fsp3) is 0.885. The smallest absolute Gasteiger partial charge is 0.156 e. The molecule has 0 heterocycles. The first-order chi connectivity index (χ1) is 14.3. The summed E-state index contributed by atoms with van der Waals surface area (Å²) in [6.45, 7) is 4.90. The lowest BCUT2D eigenvalue weighted by Crippen LogP contribution is -2.57. The highest BCUT2D eigenvalue weighted by molar-refractivity contribution is 5.92. The van der Waals surface area contributed by atoms with E-state index in [4.69, 9.17) is 9.47 Å². The van der Waals surface area contributed by atoms with E-state index >= 15 is 0 Å². The summed E-state index contributed by atoms with van der Waals surface area (Å²) in [5.74, 6) is 5.05. The highest BCUT2D eigenvalue weighted by Gasteiger charge is 2.78. The monoisotopic (exact) mass is 414 g/mol. The predicted octanol–water partition coefficient (Wildman–Crippen LogP) is 4.36. The van der Waals surface area contributed by atoms with Gasteiger partial charge >= 0.3 is 0 Å². The zero-order valence-electron chi connectivity index (χ0n) is 19.0. The normalized spacial score (nSPS) is 55.2. The zero-order valence-corrected chi connectivity index (χ0v) is 19.0. The van der Waals surface area contributed by atoms with Gasteiger partial charge < -0.3 is 14.6 Å². The fourth-order valence-corrected chi connectivity index (χ4v) is 9.65. The van der Waals surface area contributed by atoms with Gasteiger partial charge in [0.15, 0.2) is 12.1 Å². The quantitative estimate of drug-likeness (QED) is 0.679. The average Bonchev–Trinajstić information content (AvgIpc) is 3.63. The molecule has 0 amide bonds. The van der Waals surface area contributed by atoms with Crippen LogP contribution in [0.25, 0.3) is 0 Å². The SMILES string of the molecule is COC(CC[C@]1(O)[C@H]2CC2C2C3C(CC[C@@]21C)[C@@]1(C)CCC(=O)C=C1[C@@H]1C[C@H]31)OC. The molecule has 6 aliphatic carbocycles. The molecule has 4 heteroatoms. The second kappa shape index (κ2) is 6.20. The topological polar surface area (TPSA) is 55.8 Å². The molecule has 10 atom stereocenters. The van der Waals surface area contributed by atoms with Gasteiger partial charge in [0.05, 0.1) is 5.60 Å². The van der Waals surface area contributed by atoms with Crippen molar-refractivity contribution in [3.05, 3.63) is 11.6 Å². The number of hydrogen-bond donors (Lipinski definition) is 1. The van der Waals surface area contributed by atoms with Crippen LogP contribution < -0.4 is 0 Å². The number of allylic oxidation sites excluding steroid dienone is 1. The van der Waals surface area contributed by atoms with Crippen LogP contribution in [0.15, 0.2) is 11.6 Å². The maximum absolute atomic E-state index is 12.2. The van der Waals surface area contributed by atoms with E-state index in [1.54, 1.807) is 14.2 Å². The van der Waals surface area contributed by atoms with Gasteiger partial charge in [-0.1, -0.05) is 19.4 Å². The molecule has 0 radical (unpaired) electrons. The summed E-state index contributed by atoms with van der Waals surface area (Å²) in [4.78, 5) is 12.2. The third-order valence-corrected chi connectivity index (χ3v) is 11.2. The van der Waals surface area contributed by atoms with Crippen molar-refractivity contribution < 1.29 is 19.4 Å². The number of fused-ring (bicyclic) bond motifs is 10. The van der Waals surface area contributed by atoms with Crippen LogP contribution >= 0.6 is 0 Å². The van der Waals surface area contributed by atoms with Gasteiger partial charge in [0.2, 0.25) is 0 Å². The zero-order chi connectivity index (χ0) is 21.1. The van der Waals surface area contributed by atoms with Crippen molar-refractivity contribution >= 4 is 5.78 Å². The predicted molar refractivity (Wildman–Crippen MR) is 113 cm³/mol. The van der Waals surface area contributed by atoms with Crippen molar-refractivity contribution in [3.63, 3.8) is 0 Å². The molecule has 30 heavy (non-hydrogen) atoms. The molecule has 6 rings (SSSR count). The maximum Gasteiger partial charge on any atom is 0.156 e. The molecule has 0 saturated heterocycles. The number of carbonyl (C=O) groups excluding carboxylic acids is 1. The van der Waals surface area contributed by atoms with Crippen LogP contribution in [0.3, 0.4) is 0 Å². The van der Waals surface area contributed by atoms with Gasteiger partial charge in [-0.2, -0.15) is 0 Å². The fourth-order valence-electron chi connectivity index (χ4n) is 9.65. The van der Waals surface area contributed by atoms with Crippen LogP contribution in [-0.2, 0) is 14.3 Å². The van der Waals surface area contributed by atoms with Crippen LogP contribution in [0.1, 0.15) is 65.2 Å². The summed E-state index contributed by atoms with van der Waals surface area (Å²) in [5.41, 5.74) is 1.17. The summed E-state index contributed by atoms with van der Waals surface area (Å²) in [5, 5.41) is 12.2. The second-order valence-corrected chi connectivity index (χ2v) is 12.0. The largest absolute Gasteiger partial charge is 0.389 e. The van der Waals surface area contributed by atoms with Crippen LogP contribution in [0, 0.1) is 52.3 Å². The summed E-state index contributed by atoms with van der Waals surface area (Å²) < 4.78 is 10.9. The van der Waals surface area contributed by atoms with Crippen LogP contribution in [-0.4, -0.2) is 37.0 Å². The molecule has 0 aromatic heterocycles. The Morgan fingerprint density at radius 1 is 1.13 bits per heavy atom. The number of methoxy groups -OCH3 is 2. The number of rotatable bonds is 5. The van der Waals surface area contributed by atoms with E-state index in [9.17, 15) is 9.90 Å². The second-order valence-electron chi connectivity index (χ2n) is 12.0. The molecule has 6 aliphatic rings. The first kappa shape index (κ1) is 19.9. The van der Waals surface area contributed by atoms with E-state index in [0.29, 0.717) is 35.4 Å². The van der Waals surface area contributed by atoms with Crippen molar-refractivity contribution in [2.24, 2.45) is 52.3 Å². The minimum Gasteiger partial charge on any atom is -0.389 e. The molecule has 5 fully saturated rings. The number of ketones is 1. The summed E-state index contributed by atoms with van der Waals surface area (Å²) in [6.07, 6.45) is 9.99. The van der Waals surface area contributed by atoms with Gasteiger partial charge in [-0.3, -0.25) is 4.79 Å². The molecule has 0 aromatic carbocycles. The van der Waals surface area contributed by atoms with Crippen LogP contribution in [0.5, 0.6) is 0 Å². The van der Waals surface area contributed by atoms with E-state index in [2.05, 4.69) is 19.9 Å². The Hall–Kier alpha value is -0.710. The Kier molecular flexibility index (Phi) is 4.12. The minimum absolute atomic E-state index is 0.0169. The maximum atomic E-state index is 12.2. The molecule has 5 saturated carbocycles. The molecule has 0 spiro atoms. The van der Waals surface area contributed by atoms with Gasteiger partial charge in [-0.25, -0.2) is 0 Å². The first-order valence-electron chi connectivity index (χ1n) is 12.3. The van der Waals surface area contributed by atoms with Crippen LogP contribution in [0.4, 0.5) is 0 Å². The molecule has 1 N–H and O–H groups in total. The van der Waals surface area contributed by atoms with Gasteiger partial charge in [-0.15, -0.1) is 0 Å². The third kappa shape index (κ3) is 2.31. The van der Waals surface area contributed by atoms with Gasteiger partial charge in [0, 0.05) is 27.1 Å². The van der Waals surface area contributed by atoms with Crippen LogP contribution in [0.2, 0.25) is 0 Å². The Bertz CT molecular complexity index is 801. The molecule has 4 nitrogen and oxygen atoms in total. The van der Waals surface area contributed by atoms with Gasteiger partial charge in [0.1, 0.15) is 0 Å². The average molecular weight is 415 g/mol. The van der Waals surface area contributed by atoms with Gasteiger partial charge in [0.25, 0.3) is 0 Å². The molecule has 0 aromatic rings. The van der Waals surface area contributed by atoms with Crippen molar-refractivity contribution in [3.8, 4) is 0 Å². The van der Waals surface area contributed by atoms with Crippen molar-refractivity contribution in [1.29, 1.82) is 0 Å². The Morgan fingerprint density at radius 3 is 2.63 bits per heavy atom. The van der Waals surface area contributed by atoms with E-state index < -0.39 is 5.60 Å². The lowest BCUT2D eigenvalue weighted by Gasteiger charge is -2.60. The molecular weight excluding hydrogens is 376 g/mol. The highest BCUT2D eigenvalue weighted by Crippen LogP contribution is 2.81. The summed E-state index contributed by atoms with van der Waals surface area (Å²) in [7, 11) is 3.39. The number of carbonyl (C=O) groups is 1. The molecular formula is C26H38O4. The van der Waals surface area contributed by atoms with E-state index in [1.165, 1.54) is 24.8 Å². The van der Waals surface area contributed by atoms with E-state index in [0.717, 1.165) is 43.9 Å². The van der Waals surface area contributed by atoms with Crippen molar-refractivity contribution in [2.75, 3.05) is 14.2 Å². The first-order valence-corrected chi connectivity index (χ1v) is 12.3. The summed E-state index contributed by atoms with van der Waals surface area (Å²) >= 11 is 0. The molecule has 4 unspecified atom stereocenters.